The van der Waals surface area contributed by atoms with Crippen molar-refractivity contribution < 1.29 is 13.2 Å². The van der Waals surface area contributed by atoms with Gasteiger partial charge in [-0.3, -0.25) is 0 Å². The van der Waals surface area contributed by atoms with Crippen molar-refractivity contribution in [1.29, 1.82) is 0 Å². The maximum Gasteiger partial charge on any atom is 0.418 e. The molecular weight excluding hydrogens is 345 g/mol. The zero-order valence-electron chi connectivity index (χ0n) is 11.8. The van der Waals surface area contributed by atoms with Crippen molar-refractivity contribution in [2.75, 3.05) is 31.5 Å². The first kappa shape index (κ1) is 16.6. The Hall–Kier alpha value is -0.750. The molecule has 6 heteroatoms. The fourth-order valence-electron chi connectivity index (χ4n) is 2.62. The number of benzene rings is 1. The lowest BCUT2D eigenvalue weighted by molar-refractivity contribution is -0.137. The summed E-state index contributed by atoms with van der Waals surface area (Å²) in [4.78, 5) is 2.32. The third kappa shape index (κ3) is 5.18. The number of likely N-dealkylation sites (tertiary alicyclic amines) is 1. The van der Waals surface area contributed by atoms with Crippen molar-refractivity contribution in [3.63, 3.8) is 0 Å². The van der Waals surface area contributed by atoms with E-state index in [9.17, 15) is 13.2 Å². The van der Waals surface area contributed by atoms with Crippen molar-refractivity contribution in [2.24, 2.45) is 0 Å². The lowest BCUT2D eigenvalue weighted by atomic mass is 10.1. The van der Waals surface area contributed by atoms with Gasteiger partial charge in [0.05, 0.1) is 5.56 Å². The molecule has 1 saturated heterocycles. The third-order valence-electron chi connectivity index (χ3n) is 3.73. The van der Waals surface area contributed by atoms with Crippen LogP contribution in [0.2, 0.25) is 0 Å². The largest absolute Gasteiger partial charge is 0.418 e. The Labute approximate surface area is 131 Å². The van der Waals surface area contributed by atoms with Gasteiger partial charge in [-0.05, 0) is 44.1 Å². The number of halogens is 4. The minimum absolute atomic E-state index is 0.145. The van der Waals surface area contributed by atoms with Gasteiger partial charge in [0.1, 0.15) is 0 Å². The van der Waals surface area contributed by atoms with Gasteiger partial charge >= 0.3 is 6.18 Å². The Balaban J connectivity index is 1.94. The minimum Gasteiger partial charge on any atom is -0.383 e. The fourth-order valence-corrected chi connectivity index (χ4v) is 2.98. The summed E-state index contributed by atoms with van der Waals surface area (Å²) < 4.78 is 39.5. The van der Waals surface area contributed by atoms with E-state index in [2.05, 4.69) is 26.1 Å². The van der Waals surface area contributed by atoms with E-state index >= 15 is 0 Å². The normalized spacial score (nSPS) is 17.5. The smallest absolute Gasteiger partial charge is 0.383 e. The molecule has 0 aliphatic carbocycles. The van der Waals surface area contributed by atoms with Gasteiger partial charge in [-0.15, -0.1) is 0 Å². The maximum atomic E-state index is 12.9. The molecule has 1 aromatic carbocycles. The summed E-state index contributed by atoms with van der Waals surface area (Å²) in [5, 5.41) is 2.94. The molecule has 1 aliphatic rings. The molecule has 2 rings (SSSR count). The van der Waals surface area contributed by atoms with Crippen LogP contribution < -0.4 is 5.32 Å². The summed E-state index contributed by atoms with van der Waals surface area (Å²) >= 11 is 3.22. The summed E-state index contributed by atoms with van der Waals surface area (Å²) in [6.45, 7) is 3.40. The average Bonchev–Trinajstić information content (AvgIpc) is 2.66. The van der Waals surface area contributed by atoms with Gasteiger partial charge in [-0.25, -0.2) is 0 Å². The second kappa shape index (κ2) is 7.49. The van der Waals surface area contributed by atoms with Crippen molar-refractivity contribution in [3.05, 3.63) is 28.2 Å². The summed E-state index contributed by atoms with van der Waals surface area (Å²) in [5.74, 6) is 0. The molecule has 0 bridgehead atoms. The molecule has 2 nitrogen and oxygen atoms in total. The molecule has 1 aromatic rings. The van der Waals surface area contributed by atoms with E-state index in [-0.39, 0.29) is 5.69 Å². The second-order valence-electron chi connectivity index (χ2n) is 5.37. The summed E-state index contributed by atoms with van der Waals surface area (Å²) in [6, 6.07) is 4.02. The van der Waals surface area contributed by atoms with Crippen molar-refractivity contribution in [3.8, 4) is 0 Å². The molecule has 0 saturated carbocycles. The van der Waals surface area contributed by atoms with Crippen LogP contribution in [0.15, 0.2) is 22.7 Å². The first-order chi connectivity index (χ1) is 9.97. The monoisotopic (exact) mass is 364 g/mol. The van der Waals surface area contributed by atoms with Crippen LogP contribution in [0.5, 0.6) is 0 Å². The van der Waals surface area contributed by atoms with E-state index in [0.717, 1.165) is 25.7 Å². The van der Waals surface area contributed by atoms with Gasteiger partial charge in [-0.2, -0.15) is 13.2 Å². The summed E-state index contributed by atoms with van der Waals surface area (Å²) in [5.41, 5.74) is -0.465. The highest BCUT2D eigenvalue weighted by molar-refractivity contribution is 9.10. The van der Waals surface area contributed by atoms with Crippen molar-refractivity contribution in [2.45, 2.75) is 31.9 Å². The number of nitrogens with one attached hydrogen (secondary N) is 1. The number of nitrogens with zero attached hydrogens (tertiary/aromatic N) is 1. The predicted octanol–water partition coefficient (Wildman–Crippen LogP) is 4.76. The van der Waals surface area contributed by atoms with Gasteiger partial charge in [0, 0.05) is 23.2 Å². The molecule has 0 atom stereocenters. The quantitative estimate of drug-likeness (QED) is 0.828. The molecule has 118 valence electrons. The standard InChI is InChI=1S/C15H20BrF3N2/c16-12-5-6-13(15(17,18)19)14(11-12)20-7-10-21-8-3-1-2-4-9-21/h5-6,11,20H,1-4,7-10H2. The highest BCUT2D eigenvalue weighted by atomic mass is 79.9. The molecule has 1 N–H and O–H groups in total. The highest BCUT2D eigenvalue weighted by Crippen LogP contribution is 2.36. The van der Waals surface area contributed by atoms with E-state index < -0.39 is 11.7 Å². The van der Waals surface area contributed by atoms with Crippen LogP contribution in [0.3, 0.4) is 0 Å². The first-order valence-electron chi connectivity index (χ1n) is 7.30. The molecule has 0 unspecified atom stereocenters. The molecular formula is C15H20BrF3N2. The summed E-state index contributed by atoms with van der Waals surface area (Å²) in [7, 11) is 0. The molecule has 0 radical (unpaired) electrons. The summed E-state index contributed by atoms with van der Waals surface area (Å²) in [6.07, 6.45) is 0.558. The van der Waals surface area contributed by atoms with Gasteiger partial charge in [0.2, 0.25) is 0 Å². The molecule has 1 heterocycles. The predicted molar refractivity (Wildman–Crippen MR) is 82.5 cm³/mol. The van der Waals surface area contributed by atoms with Crippen LogP contribution in [0.1, 0.15) is 31.2 Å². The minimum atomic E-state index is -4.33. The Morgan fingerprint density at radius 2 is 1.76 bits per heavy atom. The molecule has 1 aliphatic heterocycles. The van der Waals surface area contributed by atoms with E-state index in [4.69, 9.17) is 0 Å². The highest BCUT2D eigenvalue weighted by Gasteiger charge is 2.33. The number of anilines is 1. The van der Waals surface area contributed by atoms with E-state index in [0.29, 0.717) is 11.0 Å². The van der Waals surface area contributed by atoms with Gasteiger partial charge in [-0.1, -0.05) is 28.8 Å². The first-order valence-corrected chi connectivity index (χ1v) is 8.09. The lowest BCUT2D eigenvalue weighted by Gasteiger charge is -2.21. The van der Waals surface area contributed by atoms with Gasteiger partial charge < -0.3 is 10.2 Å². The number of hydrogen-bond donors (Lipinski definition) is 1. The Morgan fingerprint density at radius 1 is 1.10 bits per heavy atom. The Morgan fingerprint density at radius 3 is 2.38 bits per heavy atom. The van der Waals surface area contributed by atoms with Gasteiger partial charge in [0.15, 0.2) is 0 Å². The number of hydrogen-bond acceptors (Lipinski definition) is 2. The van der Waals surface area contributed by atoms with Crippen LogP contribution in [0.25, 0.3) is 0 Å². The molecule has 0 spiro atoms. The topological polar surface area (TPSA) is 15.3 Å². The molecule has 0 aromatic heterocycles. The molecule has 1 fully saturated rings. The maximum absolute atomic E-state index is 12.9. The second-order valence-corrected chi connectivity index (χ2v) is 6.29. The zero-order valence-corrected chi connectivity index (χ0v) is 13.4. The lowest BCUT2D eigenvalue weighted by Crippen LogP contribution is -2.30. The SMILES string of the molecule is FC(F)(F)c1ccc(Br)cc1NCCN1CCCCCC1. The fraction of sp³-hybridized carbons (Fsp3) is 0.600. The van der Waals surface area contributed by atoms with Crippen molar-refractivity contribution in [1.82, 2.24) is 4.90 Å². The number of rotatable bonds is 4. The van der Waals surface area contributed by atoms with Gasteiger partial charge in [0.25, 0.3) is 0 Å². The van der Waals surface area contributed by atoms with E-state index in [1.165, 1.54) is 37.8 Å². The number of alkyl halides is 3. The molecule has 0 amide bonds. The van der Waals surface area contributed by atoms with E-state index in [1.54, 1.807) is 0 Å². The molecule has 21 heavy (non-hydrogen) atoms. The van der Waals surface area contributed by atoms with Crippen LogP contribution >= 0.6 is 15.9 Å². The van der Waals surface area contributed by atoms with Crippen LogP contribution in [-0.2, 0) is 6.18 Å². The van der Waals surface area contributed by atoms with Crippen LogP contribution in [0.4, 0.5) is 18.9 Å². The van der Waals surface area contributed by atoms with E-state index in [1.807, 2.05) is 0 Å². The zero-order chi connectivity index (χ0) is 15.3. The van der Waals surface area contributed by atoms with Crippen LogP contribution in [0, 0.1) is 0 Å². The van der Waals surface area contributed by atoms with Crippen molar-refractivity contribution >= 4 is 21.6 Å². The van der Waals surface area contributed by atoms with Crippen LogP contribution in [-0.4, -0.2) is 31.1 Å². The third-order valence-corrected chi connectivity index (χ3v) is 4.22. The average molecular weight is 365 g/mol. The Kier molecular flexibility index (Phi) is 5.93. The Bertz CT molecular complexity index is 455.